The maximum Gasteiger partial charge on any atom is 0.266 e. The Bertz CT molecular complexity index is 957. The second-order valence-corrected chi connectivity index (χ2v) is 7.72. The Kier molecular flexibility index (Phi) is 6.31. The topological polar surface area (TPSA) is 71.4 Å². The number of methoxy groups -OCH3 is 2. The fraction of sp³-hybridized carbons (Fsp3) is 0.200. The number of phenols is 1. The molecular weight excluding hydrogens is 444 g/mol. The fourth-order valence-electron chi connectivity index (χ4n) is 2.64. The van der Waals surface area contributed by atoms with Crippen molar-refractivity contribution in [1.29, 1.82) is 0 Å². The number of carbonyl (C=O) groups excluding carboxylic acids is 1. The molecule has 8 heteroatoms. The maximum absolute atomic E-state index is 12.8. The van der Waals surface area contributed by atoms with Crippen LogP contribution in [0.1, 0.15) is 12.5 Å². The quantitative estimate of drug-likeness (QED) is 0.646. The summed E-state index contributed by atoms with van der Waals surface area (Å²) in [6.45, 7) is 2.39. The molecule has 0 bridgehead atoms. The number of carbonyl (C=O) groups is 1. The van der Waals surface area contributed by atoms with Crippen LogP contribution in [0.25, 0.3) is 6.08 Å². The molecule has 1 aliphatic rings. The van der Waals surface area contributed by atoms with Gasteiger partial charge in [0.1, 0.15) is 5.75 Å². The molecule has 0 atom stereocenters. The molecule has 1 aliphatic heterocycles. The van der Waals surface area contributed by atoms with Crippen LogP contribution in [-0.4, -0.2) is 41.8 Å². The van der Waals surface area contributed by atoms with Crippen molar-refractivity contribution in [3.05, 3.63) is 51.3 Å². The summed E-state index contributed by atoms with van der Waals surface area (Å²) in [7, 11) is 3.08. The van der Waals surface area contributed by atoms with E-state index in [2.05, 4.69) is 20.9 Å². The maximum atomic E-state index is 12.8. The van der Waals surface area contributed by atoms with Gasteiger partial charge in [-0.2, -0.15) is 0 Å². The van der Waals surface area contributed by atoms with Crippen molar-refractivity contribution < 1.29 is 19.4 Å². The van der Waals surface area contributed by atoms with Crippen LogP contribution < -0.4 is 9.47 Å². The number of amides is 1. The molecule has 2 aromatic rings. The highest BCUT2D eigenvalue weighted by Crippen LogP contribution is 2.39. The third-order valence-electron chi connectivity index (χ3n) is 4.08. The molecule has 1 saturated heterocycles. The molecule has 0 aromatic heterocycles. The van der Waals surface area contributed by atoms with E-state index in [1.807, 2.05) is 31.2 Å². The van der Waals surface area contributed by atoms with Gasteiger partial charge in [-0.25, -0.2) is 4.99 Å². The number of hydrogen-bond donors (Lipinski definition) is 1. The second kappa shape index (κ2) is 8.70. The van der Waals surface area contributed by atoms with E-state index in [1.165, 1.54) is 18.9 Å². The summed E-state index contributed by atoms with van der Waals surface area (Å²) in [5, 5.41) is 11.0. The first-order valence-electron chi connectivity index (χ1n) is 8.47. The third kappa shape index (κ3) is 4.18. The zero-order valence-corrected chi connectivity index (χ0v) is 18.0. The van der Waals surface area contributed by atoms with Crippen LogP contribution in [-0.2, 0) is 4.79 Å². The Morgan fingerprint density at radius 3 is 2.54 bits per heavy atom. The van der Waals surface area contributed by atoms with E-state index >= 15 is 0 Å². The molecule has 0 spiro atoms. The number of amidine groups is 1. The van der Waals surface area contributed by atoms with E-state index in [4.69, 9.17) is 9.47 Å². The van der Waals surface area contributed by atoms with Crippen LogP contribution in [0.4, 0.5) is 5.69 Å². The number of likely N-dealkylation sites (N-methyl/N-ethyl adjacent to an activating group) is 1. The molecule has 6 nitrogen and oxygen atoms in total. The van der Waals surface area contributed by atoms with Gasteiger partial charge in [0.25, 0.3) is 5.91 Å². The van der Waals surface area contributed by atoms with Gasteiger partial charge in [0, 0.05) is 16.6 Å². The molecule has 1 fully saturated rings. The van der Waals surface area contributed by atoms with Crippen molar-refractivity contribution in [3.8, 4) is 17.2 Å². The van der Waals surface area contributed by atoms with Gasteiger partial charge < -0.3 is 14.6 Å². The lowest BCUT2D eigenvalue weighted by molar-refractivity contribution is -0.122. The summed E-state index contributed by atoms with van der Waals surface area (Å²) < 4.78 is 11.1. The van der Waals surface area contributed by atoms with E-state index < -0.39 is 0 Å². The molecule has 2 aromatic carbocycles. The molecule has 146 valence electrons. The zero-order valence-electron chi connectivity index (χ0n) is 15.6. The van der Waals surface area contributed by atoms with Gasteiger partial charge in [-0.05, 0) is 61.2 Å². The van der Waals surface area contributed by atoms with Crippen molar-refractivity contribution in [1.82, 2.24) is 4.90 Å². The van der Waals surface area contributed by atoms with Crippen molar-refractivity contribution in [2.45, 2.75) is 6.92 Å². The highest BCUT2D eigenvalue weighted by Gasteiger charge is 2.32. The first kappa shape index (κ1) is 20.3. The smallest absolute Gasteiger partial charge is 0.266 e. The Balaban J connectivity index is 1.96. The number of thioether (sulfide) groups is 1. The van der Waals surface area contributed by atoms with Gasteiger partial charge >= 0.3 is 0 Å². The number of phenolic OH excluding ortho intramolecular Hbond substituents is 1. The Hall–Kier alpha value is -2.45. The lowest BCUT2D eigenvalue weighted by atomic mass is 10.1. The Morgan fingerprint density at radius 2 is 1.93 bits per heavy atom. The molecule has 28 heavy (non-hydrogen) atoms. The SMILES string of the molecule is CCN1C(=O)/C(=C\c2cc(Br)cc(OC)c2O)SC1=Nc1ccc(OC)cc1. The summed E-state index contributed by atoms with van der Waals surface area (Å²) in [5.41, 5.74) is 1.21. The predicted octanol–water partition coefficient (Wildman–Crippen LogP) is 4.80. The molecule has 0 unspecified atom stereocenters. The first-order valence-corrected chi connectivity index (χ1v) is 10.1. The fourth-order valence-corrected chi connectivity index (χ4v) is 4.15. The van der Waals surface area contributed by atoms with Crippen LogP contribution in [0, 0.1) is 0 Å². The van der Waals surface area contributed by atoms with E-state index in [0.717, 1.165) is 15.9 Å². The first-order chi connectivity index (χ1) is 13.5. The van der Waals surface area contributed by atoms with Crippen molar-refractivity contribution in [3.63, 3.8) is 0 Å². The lowest BCUT2D eigenvalue weighted by Crippen LogP contribution is -2.28. The molecule has 1 N–H and O–H groups in total. The average Bonchev–Trinajstić information content (AvgIpc) is 2.99. The predicted molar refractivity (Wildman–Crippen MR) is 115 cm³/mol. The highest BCUT2D eigenvalue weighted by atomic mass is 79.9. The summed E-state index contributed by atoms with van der Waals surface area (Å²) in [5.74, 6) is 0.899. The highest BCUT2D eigenvalue weighted by molar-refractivity contribution is 9.10. The summed E-state index contributed by atoms with van der Waals surface area (Å²) in [4.78, 5) is 19.5. The van der Waals surface area contributed by atoms with Gasteiger partial charge in [-0.3, -0.25) is 9.69 Å². The number of halogens is 1. The normalized spacial score (nSPS) is 16.9. The van der Waals surface area contributed by atoms with Gasteiger partial charge in [-0.1, -0.05) is 15.9 Å². The minimum atomic E-state index is -0.155. The lowest BCUT2D eigenvalue weighted by Gasteiger charge is -2.12. The van der Waals surface area contributed by atoms with E-state index in [0.29, 0.717) is 27.9 Å². The number of aromatic hydroxyl groups is 1. The van der Waals surface area contributed by atoms with Gasteiger partial charge in [0.15, 0.2) is 16.7 Å². The van der Waals surface area contributed by atoms with Crippen LogP contribution >= 0.6 is 27.7 Å². The van der Waals surface area contributed by atoms with Crippen molar-refractivity contribution >= 4 is 50.5 Å². The largest absolute Gasteiger partial charge is 0.504 e. The second-order valence-electron chi connectivity index (χ2n) is 5.80. The summed E-state index contributed by atoms with van der Waals surface area (Å²) >= 11 is 4.66. The molecule has 0 radical (unpaired) electrons. The minimum Gasteiger partial charge on any atom is -0.504 e. The average molecular weight is 463 g/mol. The minimum absolute atomic E-state index is 0.0183. The third-order valence-corrected chi connectivity index (χ3v) is 5.54. The molecule has 1 heterocycles. The van der Waals surface area contributed by atoms with Crippen LogP contribution in [0.3, 0.4) is 0 Å². The Labute approximate surface area is 176 Å². The number of ether oxygens (including phenoxy) is 2. The molecule has 1 amide bonds. The number of nitrogens with zero attached hydrogens (tertiary/aromatic N) is 2. The number of hydrogen-bond acceptors (Lipinski definition) is 6. The zero-order chi connectivity index (χ0) is 20.3. The van der Waals surface area contributed by atoms with Gasteiger partial charge in [0.2, 0.25) is 0 Å². The molecule has 0 aliphatic carbocycles. The van der Waals surface area contributed by atoms with Crippen LogP contribution in [0.5, 0.6) is 17.2 Å². The summed E-state index contributed by atoms with van der Waals surface area (Å²) in [6.07, 6.45) is 1.65. The van der Waals surface area contributed by atoms with E-state index in [1.54, 1.807) is 30.2 Å². The molecular formula is C20H19BrN2O4S. The molecule has 3 rings (SSSR count). The standard InChI is InChI=1S/C20H19BrN2O4S/c1-4-23-19(25)17(10-12-9-13(21)11-16(27-3)18(12)24)28-20(23)22-14-5-7-15(26-2)8-6-14/h5-11,24H,4H2,1-3H3/b17-10+,22-20?. The van der Waals surface area contributed by atoms with Crippen LogP contribution in [0.15, 0.2) is 50.8 Å². The van der Waals surface area contributed by atoms with E-state index in [9.17, 15) is 9.90 Å². The van der Waals surface area contributed by atoms with E-state index in [-0.39, 0.29) is 11.7 Å². The van der Waals surface area contributed by atoms with Crippen molar-refractivity contribution in [2.24, 2.45) is 4.99 Å². The molecule has 0 saturated carbocycles. The van der Waals surface area contributed by atoms with Gasteiger partial charge in [-0.15, -0.1) is 0 Å². The van der Waals surface area contributed by atoms with Crippen LogP contribution in [0.2, 0.25) is 0 Å². The van der Waals surface area contributed by atoms with Gasteiger partial charge in [0.05, 0.1) is 24.8 Å². The number of aliphatic imine (C=N–C) groups is 1. The number of benzene rings is 2. The number of rotatable bonds is 5. The van der Waals surface area contributed by atoms with Crippen molar-refractivity contribution in [2.75, 3.05) is 20.8 Å². The summed E-state index contributed by atoms with van der Waals surface area (Å²) in [6, 6.07) is 10.7. The Morgan fingerprint density at radius 1 is 1.21 bits per heavy atom. The monoisotopic (exact) mass is 462 g/mol.